The molecule has 0 atom stereocenters. The van der Waals surface area contributed by atoms with E-state index in [1.54, 1.807) is 0 Å². The second-order valence-electron chi connectivity index (χ2n) is 3.89. The van der Waals surface area contributed by atoms with Crippen molar-refractivity contribution < 1.29 is 9.72 Å². The minimum atomic E-state index is -0.662. The van der Waals surface area contributed by atoms with Crippen LogP contribution in [-0.2, 0) is 0 Å². The molecule has 2 aromatic rings. The van der Waals surface area contributed by atoms with E-state index in [-0.39, 0.29) is 22.8 Å². The number of nitrogens with zero attached hydrogens (tertiary/aromatic N) is 2. The van der Waals surface area contributed by atoms with Gasteiger partial charge in [0.2, 0.25) is 0 Å². The molecule has 0 fully saturated rings. The van der Waals surface area contributed by atoms with Crippen LogP contribution in [0.4, 0.5) is 17.2 Å². The van der Waals surface area contributed by atoms with E-state index >= 15 is 0 Å². The summed E-state index contributed by atoms with van der Waals surface area (Å²) in [5.41, 5.74) is 1.56. The predicted octanol–water partition coefficient (Wildman–Crippen LogP) is 0.216. The largest absolute Gasteiger partial charge is 0.318 e. The number of carbonyl (C=O) groups is 1. The first-order chi connectivity index (χ1) is 10.0. The third kappa shape index (κ3) is 3.19. The van der Waals surface area contributed by atoms with Gasteiger partial charge < -0.3 is 10.7 Å². The summed E-state index contributed by atoms with van der Waals surface area (Å²) >= 11 is 0. The first kappa shape index (κ1) is 14.1. The molecule has 0 aliphatic carbocycles. The number of nitrogen functional groups attached to an aromatic ring is 1. The summed E-state index contributed by atoms with van der Waals surface area (Å²) in [7, 11) is 0. The molecule has 0 bridgehead atoms. The molecule has 5 N–H and O–H groups in total. The number of hydrazine groups is 1. The molecule has 1 aromatic carbocycles. The monoisotopic (exact) mass is 290 g/mol. The highest BCUT2D eigenvalue weighted by Gasteiger charge is 2.17. The van der Waals surface area contributed by atoms with E-state index in [1.165, 1.54) is 24.3 Å². The number of amides is 1. The highest BCUT2D eigenvalue weighted by atomic mass is 16.6. The number of nitrogens with two attached hydrogens (primary N) is 1. The van der Waals surface area contributed by atoms with Gasteiger partial charge in [-0.15, -0.1) is 0 Å². The molecule has 0 saturated heterocycles. The van der Waals surface area contributed by atoms with Gasteiger partial charge in [0, 0.05) is 17.7 Å². The highest BCUT2D eigenvalue weighted by molar-refractivity contribution is 6.04. The topological polar surface area (TPSA) is 156 Å². The van der Waals surface area contributed by atoms with Crippen molar-refractivity contribution in [2.24, 2.45) is 5.84 Å². The van der Waals surface area contributed by atoms with Gasteiger partial charge in [-0.05, 0) is 18.2 Å². The molecule has 108 valence electrons. The average Bonchev–Trinajstić information content (AvgIpc) is 2.48. The summed E-state index contributed by atoms with van der Waals surface area (Å²) in [5, 5.41) is 19.0. The van der Waals surface area contributed by atoms with Crippen LogP contribution in [0.3, 0.4) is 0 Å². The Hall–Kier alpha value is -3.27. The van der Waals surface area contributed by atoms with Gasteiger partial charge in [-0.2, -0.15) is 5.10 Å². The molecular formula is C11H10N6O4. The number of nitro groups is 1. The van der Waals surface area contributed by atoms with Gasteiger partial charge >= 0.3 is 0 Å². The van der Waals surface area contributed by atoms with Crippen LogP contribution in [0.1, 0.15) is 10.4 Å². The number of H-pyrrole nitrogens is 1. The number of carbonyl (C=O) groups excluding carboxylic acids is 1. The number of hydrogen-bond donors (Lipinski definition) is 4. The normalized spacial score (nSPS) is 9.95. The van der Waals surface area contributed by atoms with Crippen molar-refractivity contribution in [1.29, 1.82) is 0 Å². The number of hydrogen-bond acceptors (Lipinski definition) is 7. The van der Waals surface area contributed by atoms with E-state index in [9.17, 15) is 19.7 Å². The molecule has 0 radical (unpaired) electrons. The van der Waals surface area contributed by atoms with Gasteiger partial charge in [-0.1, -0.05) is 0 Å². The van der Waals surface area contributed by atoms with Gasteiger partial charge in [-0.3, -0.25) is 25.5 Å². The lowest BCUT2D eigenvalue weighted by Crippen LogP contribution is -2.16. The number of nitrogens with one attached hydrogen (secondary N) is 3. The number of aromatic nitrogens is 2. The summed E-state index contributed by atoms with van der Waals surface area (Å²) in [4.78, 5) is 33.0. The Bertz CT molecular complexity index is 736. The van der Waals surface area contributed by atoms with Crippen LogP contribution >= 0.6 is 0 Å². The van der Waals surface area contributed by atoms with Crippen LogP contribution in [0.15, 0.2) is 35.1 Å². The molecule has 10 heteroatoms. The van der Waals surface area contributed by atoms with Crippen molar-refractivity contribution in [3.05, 3.63) is 56.4 Å². The summed E-state index contributed by atoms with van der Waals surface area (Å²) in [5.74, 6) is 4.66. The van der Waals surface area contributed by atoms with E-state index in [4.69, 9.17) is 5.84 Å². The number of aromatic amines is 1. The van der Waals surface area contributed by atoms with Crippen LogP contribution in [0, 0.1) is 10.1 Å². The van der Waals surface area contributed by atoms with Gasteiger partial charge in [0.25, 0.3) is 17.2 Å². The average molecular weight is 290 g/mol. The first-order valence-electron chi connectivity index (χ1n) is 5.63. The summed E-state index contributed by atoms with van der Waals surface area (Å²) in [6.45, 7) is 0. The Labute approximate surface area is 117 Å². The van der Waals surface area contributed by atoms with Crippen LogP contribution in [0.25, 0.3) is 0 Å². The predicted molar refractivity (Wildman–Crippen MR) is 73.7 cm³/mol. The first-order valence-corrected chi connectivity index (χ1v) is 5.63. The van der Waals surface area contributed by atoms with Crippen molar-refractivity contribution in [2.45, 2.75) is 0 Å². The molecule has 1 aromatic heterocycles. The lowest BCUT2D eigenvalue weighted by molar-refractivity contribution is -0.384. The van der Waals surface area contributed by atoms with Crippen LogP contribution in [-0.4, -0.2) is 21.0 Å². The Morgan fingerprint density at radius 3 is 2.67 bits per heavy atom. The maximum atomic E-state index is 12.0. The fourth-order valence-corrected chi connectivity index (χ4v) is 1.55. The minimum absolute atomic E-state index is 0.0497. The Morgan fingerprint density at radius 1 is 1.33 bits per heavy atom. The van der Waals surface area contributed by atoms with Gasteiger partial charge in [0.05, 0.1) is 4.92 Å². The zero-order valence-corrected chi connectivity index (χ0v) is 10.5. The van der Waals surface area contributed by atoms with E-state index in [0.29, 0.717) is 0 Å². The number of anilines is 2. The van der Waals surface area contributed by atoms with E-state index < -0.39 is 16.4 Å². The fraction of sp³-hybridized carbons (Fsp3) is 0. The molecule has 10 nitrogen and oxygen atoms in total. The summed E-state index contributed by atoms with van der Waals surface area (Å²) in [6.07, 6.45) is 0. The molecule has 0 aliphatic heterocycles. The minimum Gasteiger partial charge on any atom is -0.318 e. The fourth-order valence-electron chi connectivity index (χ4n) is 1.55. The zero-order chi connectivity index (χ0) is 15.4. The standard InChI is InChI=1S/C11H10N6O4/c12-14-7-2-1-6(5-8(7)17(20)21)11(19)13-9-3-4-10(18)16-15-9/h1-5,14H,12H2,(H,16,18)(H,13,15,19). The van der Waals surface area contributed by atoms with E-state index in [2.05, 4.69) is 20.9 Å². The van der Waals surface area contributed by atoms with Gasteiger partial charge in [-0.25, -0.2) is 5.10 Å². The maximum absolute atomic E-state index is 12.0. The molecule has 2 rings (SSSR count). The summed E-state index contributed by atoms with van der Waals surface area (Å²) in [6, 6.07) is 6.25. The molecule has 0 unspecified atom stereocenters. The van der Waals surface area contributed by atoms with Crippen molar-refractivity contribution >= 4 is 23.1 Å². The Balaban J connectivity index is 2.27. The van der Waals surface area contributed by atoms with Crippen LogP contribution < -0.4 is 22.1 Å². The van der Waals surface area contributed by atoms with Gasteiger partial charge in [0.1, 0.15) is 5.69 Å². The molecule has 21 heavy (non-hydrogen) atoms. The molecule has 1 heterocycles. The molecule has 0 saturated carbocycles. The van der Waals surface area contributed by atoms with Crippen molar-refractivity contribution in [1.82, 2.24) is 10.2 Å². The zero-order valence-electron chi connectivity index (χ0n) is 10.5. The second kappa shape index (κ2) is 5.79. The molecular weight excluding hydrogens is 280 g/mol. The maximum Gasteiger partial charge on any atom is 0.294 e. The van der Waals surface area contributed by atoms with E-state index in [0.717, 1.165) is 6.07 Å². The number of nitro benzene ring substituents is 1. The number of rotatable bonds is 4. The van der Waals surface area contributed by atoms with Crippen molar-refractivity contribution in [2.75, 3.05) is 10.7 Å². The smallest absolute Gasteiger partial charge is 0.294 e. The lowest BCUT2D eigenvalue weighted by Gasteiger charge is -2.06. The quantitative estimate of drug-likeness (QED) is 0.356. The molecule has 1 amide bonds. The van der Waals surface area contributed by atoms with Crippen molar-refractivity contribution in [3.8, 4) is 0 Å². The molecule has 0 spiro atoms. The highest BCUT2D eigenvalue weighted by Crippen LogP contribution is 2.24. The third-order valence-electron chi connectivity index (χ3n) is 2.53. The van der Waals surface area contributed by atoms with Crippen molar-refractivity contribution in [3.63, 3.8) is 0 Å². The van der Waals surface area contributed by atoms with E-state index in [1.807, 2.05) is 0 Å². The number of benzene rings is 1. The Morgan fingerprint density at radius 2 is 2.10 bits per heavy atom. The van der Waals surface area contributed by atoms with Crippen LogP contribution in [0.5, 0.6) is 0 Å². The van der Waals surface area contributed by atoms with Gasteiger partial charge in [0.15, 0.2) is 5.82 Å². The second-order valence-corrected chi connectivity index (χ2v) is 3.89. The lowest BCUT2D eigenvalue weighted by atomic mass is 10.1. The van der Waals surface area contributed by atoms with Crippen LogP contribution in [0.2, 0.25) is 0 Å². The third-order valence-corrected chi connectivity index (χ3v) is 2.53. The SMILES string of the molecule is NNc1ccc(C(=O)Nc2ccc(=O)[nH]n2)cc1[N+](=O)[O-]. The molecule has 0 aliphatic rings. The Kier molecular flexibility index (Phi) is 3.90. The summed E-state index contributed by atoms with van der Waals surface area (Å²) < 4.78 is 0.